The third-order valence-corrected chi connectivity index (χ3v) is 13.4. The van der Waals surface area contributed by atoms with E-state index in [2.05, 4.69) is 17.4 Å². The van der Waals surface area contributed by atoms with Crippen LogP contribution in [0, 0.1) is 34.5 Å². The second-order valence-corrected chi connectivity index (χ2v) is 15.1. The Morgan fingerprint density at radius 1 is 1.14 bits per heavy atom. The standard InChI is InChI=1S/C36H43NO6/c1-40-27-9-8-23-14-33-15-24(12-21-6-7-21)31(33)34-10-11-36(41-2,32-35(34,20-33)29(23)30(27)43-32)25(16-34)19-42-18-22-4-3-5-26(13-22)37-17-28(38)39/h3-5,8-9,13,21,24-25,31-32,37H,6-7,10-12,14-20H2,1-2H3,(H,38,39). The zero-order valence-electron chi connectivity index (χ0n) is 25.3. The number of hydrogen-bond donors (Lipinski definition) is 2. The van der Waals surface area contributed by atoms with Gasteiger partial charge in [-0.2, -0.15) is 0 Å². The third-order valence-electron chi connectivity index (χ3n) is 13.4. The highest BCUT2D eigenvalue weighted by Gasteiger charge is 2.87. The van der Waals surface area contributed by atoms with Crippen LogP contribution in [0.1, 0.15) is 68.1 Å². The number of carboxylic acid groups (broad SMARTS) is 1. The average Bonchev–Trinajstić information content (AvgIpc) is 3.71. The summed E-state index contributed by atoms with van der Waals surface area (Å²) in [6.45, 7) is 1.01. The molecule has 6 fully saturated rings. The number of fused-ring (bicyclic) bond motifs is 2. The van der Waals surface area contributed by atoms with Crippen molar-refractivity contribution in [2.75, 3.05) is 32.7 Å². The molecular weight excluding hydrogens is 542 g/mol. The first-order chi connectivity index (χ1) is 20.9. The Labute approximate surface area is 253 Å². The van der Waals surface area contributed by atoms with E-state index in [-0.39, 0.29) is 29.4 Å². The maximum Gasteiger partial charge on any atom is 0.322 e. The topological polar surface area (TPSA) is 86.3 Å². The maximum absolute atomic E-state index is 11.0. The Bertz CT molecular complexity index is 1500. The lowest BCUT2D eigenvalue weighted by Gasteiger charge is -2.68. The zero-order chi connectivity index (χ0) is 29.2. The van der Waals surface area contributed by atoms with Crippen LogP contribution in [-0.4, -0.2) is 50.2 Å². The first-order valence-corrected chi connectivity index (χ1v) is 16.4. The fourth-order valence-electron chi connectivity index (χ4n) is 12.2. The molecule has 8 atom stereocenters. The van der Waals surface area contributed by atoms with Crippen molar-refractivity contribution in [2.45, 2.75) is 81.5 Å². The normalized spacial score (nSPS) is 40.3. The lowest BCUT2D eigenvalue weighted by molar-refractivity contribution is -0.262. The summed E-state index contributed by atoms with van der Waals surface area (Å²) in [5.41, 5.74) is 5.04. The number of methoxy groups -OCH3 is 2. The lowest BCUT2D eigenvalue weighted by atomic mass is 9.38. The number of rotatable bonds is 11. The van der Waals surface area contributed by atoms with E-state index in [9.17, 15) is 4.79 Å². The number of hydrogen-bond acceptors (Lipinski definition) is 6. The van der Waals surface area contributed by atoms with E-state index in [1.807, 2.05) is 31.4 Å². The van der Waals surface area contributed by atoms with Crippen LogP contribution < -0.4 is 14.8 Å². The zero-order valence-corrected chi connectivity index (χ0v) is 25.3. The number of ether oxygens (including phenoxy) is 4. The van der Waals surface area contributed by atoms with Crippen molar-refractivity contribution in [3.8, 4) is 11.5 Å². The van der Waals surface area contributed by atoms with Crippen molar-refractivity contribution in [3.63, 3.8) is 0 Å². The average molecular weight is 586 g/mol. The summed E-state index contributed by atoms with van der Waals surface area (Å²) in [7, 11) is 3.68. The summed E-state index contributed by atoms with van der Waals surface area (Å²) >= 11 is 0. The van der Waals surface area contributed by atoms with Gasteiger partial charge in [0.15, 0.2) is 11.5 Å². The molecule has 7 nitrogen and oxygen atoms in total. The molecule has 3 spiro atoms. The van der Waals surface area contributed by atoms with Crippen LogP contribution in [0.15, 0.2) is 36.4 Å². The second kappa shape index (κ2) is 8.91. The minimum atomic E-state index is -0.874. The quantitative estimate of drug-likeness (QED) is 0.336. The van der Waals surface area contributed by atoms with Crippen molar-refractivity contribution in [1.29, 1.82) is 0 Å². The molecule has 0 radical (unpaired) electrons. The summed E-state index contributed by atoms with van der Waals surface area (Å²) < 4.78 is 26.4. The fraction of sp³-hybridized carbons (Fsp3) is 0.639. The van der Waals surface area contributed by atoms with Crippen molar-refractivity contribution >= 4 is 11.7 Å². The molecule has 7 aliphatic carbocycles. The third kappa shape index (κ3) is 3.31. The molecule has 8 unspecified atom stereocenters. The van der Waals surface area contributed by atoms with Crippen molar-refractivity contribution in [1.82, 2.24) is 0 Å². The van der Waals surface area contributed by atoms with E-state index in [1.165, 1.54) is 56.1 Å². The number of carbonyl (C=O) groups is 1. The Balaban J connectivity index is 1.07. The fourth-order valence-corrected chi connectivity index (χ4v) is 12.2. The Hall–Kier alpha value is -2.77. The number of anilines is 1. The minimum Gasteiger partial charge on any atom is -0.493 e. The molecule has 2 aromatic rings. The summed E-state index contributed by atoms with van der Waals surface area (Å²) in [5, 5.41) is 12.0. The van der Waals surface area contributed by atoms with Gasteiger partial charge in [0.2, 0.25) is 0 Å². The molecule has 0 aromatic heterocycles. The molecule has 1 heterocycles. The summed E-state index contributed by atoms with van der Waals surface area (Å²) in [6.07, 6.45) is 11.5. The van der Waals surface area contributed by atoms with Crippen LogP contribution in [0.2, 0.25) is 0 Å². The molecule has 7 heteroatoms. The van der Waals surface area contributed by atoms with Crippen molar-refractivity contribution in [2.24, 2.45) is 34.5 Å². The second-order valence-electron chi connectivity index (χ2n) is 15.1. The highest BCUT2D eigenvalue weighted by Crippen LogP contribution is 2.88. The van der Waals surface area contributed by atoms with Gasteiger partial charge < -0.3 is 29.4 Å². The number of carboxylic acids is 1. The number of benzene rings is 2. The van der Waals surface area contributed by atoms with Crippen LogP contribution >= 0.6 is 0 Å². The maximum atomic E-state index is 11.0. The Morgan fingerprint density at radius 3 is 2.81 bits per heavy atom. The first-order valence-electron chi connectivity index (χ1n) is 16.4. The molecule has 2 N–H and O–H groups in total. The molecule has 43 heavy (non-hydrogen) atoms. The Kier molecular flexibility index (Phi) is 5.51. The van der Waals surface area contributed by atoms with E-state index < -0.39 is 11.6 Å². The van der Waals surface area contributed by atoms with Crippen LogP contribution in [0.3, 0.4) is 0 Å². The van der Waals surface area contributed by atoms with Crippen LogP contribution in [0.4, 0.5) is 5.69 Å². The van der Waals surface area contributed by atoms with Crippen molar-refractivity contribution in [3.05, 3.63) is 53.1 Å². The summed E-state index contributed by atoms with van der Waals surface area (Å²) in [5.74, 6) is 3.79. The van der Waals surface area contributed by atoms with Gasteiger partial charge in [-0.3, -0.25) is 4.79 Å². The summed E-state index contributed by atoms with van der Waals surface area (Å²) in [6, 6.07) is 12.4. The van der Waals surface area contributed by atoms with E-state index in [0.717, 1.165) is 53.3 Å². The molecule has 1 aliphatic heterocycles. The highest BCUT2D eigenvalue weighted by molar-refractivity contribution is 5.72. The van der Waals surface area contributed by atoms with Gasteiger partial charge in [0.1, 0.15) is 18.2 Å². The summed E-state index contributed by atoms with van der Waals surface area (Å²) in [4.78, 5) is 11.0. The van der Waals surface area contributed by atoms with E-state index >= 15 is 0 Å². The first kappa shape index (κ1) is 26.6. The van der Waals surface area contributed by atoms with Gasteiger partial charge in [0, 0.05) is 29.7 Å². The van der Waals surface area contributed by atoms with Gasteiger partial charge in [-0.1, -0.05) is 31.0 Å². The van der Waals surface area contributed by atoms with E-state index in [1.54, 1.807) is 7.11 Å². The molecule has 0 saturated heterocycles. The number of aliphatic carboxylic acids is 1. The van der Waals surface area contributed by atoms with Crippen LogP contribution in [-0.2, 0) is 32.7 Å². The van der Waals surface area contributed by atoms with Crippen LogP contribution in [0.25, 0.3) is 0 Å². The van der Waals surface area contributed by atoms with E-state index in [4.69, 9.17) is 24.1 Å². The van der Waals surface area contributed by atoms with Gasteiger partial charge in [-0.25, -0.2) is 0 Å². The lowest BCUT2D eigenvalue weighted by Crippen LogP contribution is -2.74. The molecular formula is C36H43NO6. The van der Waals surface area contributed by atoms with Gasteiger partial charge in [-0.05, 0) is 103 Å². The highest BCUT2D eigenvalue weighted by atomic mass is 16.6. The molecule has 10 rings (SSSR count). The molecule has 6 saturated carbocycles. The Morgan fingerprint density at radius 2 is 2.02 bits per heavy atom. The van der Waals surface area contributed by atoms with E-state index in [0.29, 0.717) is 18.6 Å². The SMILES string of the molecule is COc1ccc2c3c1OC1C4(OC)CCC5(CC4COCc4cccc(NCC(=O)O)c4)C4C(CC6CC6)CC4(C2)CC315. The smallest absolute Gasteiger partial charge is 0.322 e. The van der Waals surface area contributed by atoms with Crippen LogP contribution in [0.5, 0.6) is 11.5 Å². The van der Waals surface area contributed by atoms with Gasteiger partial charge >= 0.3 is 5.97 Å². The van der Waals surface area contributed by atoms with Crippen molar-refractivity contribution < 1.29 is 28.8 Å². The van der Waals surface area contributed by atoms with Gasteiger partial charge in [-0.15, -0.1) is 0 Å². The van der Waals surface area contributed by atoms with Gasteiger partial charge in [0.05, 0.1) is 20.3 Å². The van der Waals surface area contributed by atoms with Gasteiger partial charge in [0.25, 0.3) is 0 Å². The predicted octanol–water partition coefficient (Wildman–Crippen LogP) is 5.98. The molecule has 228 valence electrons. The minimum absolute atomic E-state index is 0.00231. The number of nitrogens with one attached hydrogen (secondary N) is 1. The predicted molar refractivity (Wildman–Crippen MR) is 161 cm³/mol. The molecule has 0 amide bonds. The monoisotopic (exact) mass is 585 g/mol. The largest absolute Gasteiger partial charge is 0.493 e. The molecule has 4 bridgehead atoms. The molecule has 8 aliphatic rings. The molecule has 2 aromatic carbocycles.